The third-order valence-electron chi connectivity index (χ3n) is 6.42. The molecule has 0 amide bonds. The Morgan fingerprint density at radius 1 is 1.07 bits per heavy atom. The molecule has 0 aliphatic heterocycles. The normalized spacial score (nSPS) is 25.0. The Balaban J connectivity index is 1.57. The van der Waals surface area contributed by atoms with E-state index in [4.69, 9.17) is 11.6 Å². The van der Waals surface area contributed by atoms with Crippen molar-refractivity contribution in [3.05, 3.63) is 87.0 Å². The van der Waals surface area contributed by atoms with Crippen molar-refractivity contribution in [1.29, 1.82) is 0 Å². The maximum atomic E-state index is 12.9. The minimum atomic E-state index is -0.391. The van der Waals surface area contributed by atoms with Gasteiger partial charge in [0, 0.05) is 27.1 Å². The SMILES string of the molecule is CC1=C2CCC[C@H](O)[C@@]2(C)C/C(=C\c2ccc(C#Cc3ccc(Cl)cc3)cc2)C1=O. The third kappa shape index (κ3) is 4.01. The molecular weight excluding hydrogens is 392 g/mol. The van der Waals surface area contributed by atoms with Gasteiger partial charge in [-0.05, 0) is 86.2 Å². The summed E-state index contributed by atoms with van der Waals surface area (Å²) >= 11 is 5.91. The lowest BCUT2D eigenvalue weighted by atomic mass is 9.61. The smallest absolute Gasteiger partial charge is 0.184 e. The van der Waals surface area contributed by atoms with E-state index in [0.717, 1.165) is 52.7 Å². The number of rotatable bonds is 1. The van der Waals surface area contributed by atoms with E-state index in [-0.39, 0.29) is 11.2 Å². The summed E-state index contributed by atoms with van der Waals surface area (Å²) in [5, 5.41) is 11.4. The molecule has 152 valence electrons. The molecule has 0 bridgehead atoms. The molecule has 2 aromatic carbocycles. The molecule has 2 nitrogen and oxygen atoms in total. The lowest BCUT2D eigenvalue weighted by Crippen LogP contribution is -2.42. The number of ketones is 1. The van der Waals surface area contributed by atoms with Gasteiger partial charge in [-0.15, -0.1) is 0 Å². The van der Waals surface area contributed by atoms with E-state index in [2.05, 4.69) is 18.8 Å². The van der Waals surface area contributed by atoms with Crippen LogP contribution in [0.3, 0.4) is 0 Å². The first-order valence-electron chi connectivity index (χ1n) is 10.4. The number of carbonyl (C=O) groups excluding carboxylic acids is 1. The molecule has 2 atom stereocenters. The summed E-state index contributed by atoms with van der Waals surface area (Å²) in [5.41, 5.74) is 5.22. The Hall–Kier alpha value is -2.60. The molecule has 2 aliphatic rings. The molecule has 1 N–H and O–H groups in total. The largest absolute Gasteiger partial charge is 0.392 e. The fourth-order valence-electron chi connectivity index (χ4n) is 4.63. The summed E-state index contributed by atoms with van der Waals surface area (Å²) in [6.45, 7) is 4.02. The Morgan fingerprint density at radius 3 is 2.30 bits per heavy atom. The van der Waals surface area contributed by atoms with E-state index in [1.54, 1.807) is 0 Å². The summed E-state index contributed by atoms with van der Waals surface area (Å²) in [4.78, 5) is 12.9. The van der Waals surface area contributed by atoms with E-state index in [9.17, 15) is 9.90 Å². The van der Waals surface area contributed by atoms with Gasteiger partial charge in [0.2, 0.25) is 0 Å². The maximum Gasteiger partial charge on any atom is 0.184 e. The van der Waals surface area contributed by atoms with Crippen molar-refractivity contribution in [2.24, 2.45) is 5.41 Å². The first kappa shape index (κ1) is 20.7. The Kier molecular flexibility index (Phi) is 5.69. The number of allylic oxidation sites excluding steroid dienone is 2. The van der Waals surface area contributed by atoms with Gasteiger partial charge >= 0.3 is 0 Å². The number of hydrogen-bond acceptors (Lipinski definition) is 2. The second-order valence-electron chi connectivity index (χ2n) is 8.48. The molecule has 0 aromatic heterocycles. The van der Waals surface area contributed by atoms with Crippen LogP contribution < -0.4 is 0 Å². The van der Waals surface area contributed by atoms with Gasteiger partial charge in [0.25, 0.3) is 0 Å². The van der Waals surface area contributed by atoms with Gasteiger partial charge in [0.15, 0.2) is 5.78 Å². The van der Waals surface area contributed by atoms with Gasteiger partial charge in [-0.1, -0.05) is 48.1 Å². The summed E-state index contributed by atoms with van der Waals surface area (Å²) < 4.78 is 0. The molecule has 4 rings (SSSR count). The number of carbonyl (C=O) groups is 1. The highest BCUT2D eigenvalue weighted by atomic mass is 35.5. The molecule has 3 heteroatoms. The van der Waals surface area contributed by atoms with Crippen LogP contribution in [-0.4, -0.2) is 17.0 Å². The van der Waals surface area contributed by atoms with Crippen LogP contribution in [0.1, 0.15) is 56.2 Å². The summed E-state index contributed by atoms with van der Waals surface area (Å²) in [6.07, 6.45) is 4.84. The fourth-order valence-corrected chi connectivity index (χ4v) is 4.76. The van der Waals surface area contributed by atoms with Crippen molar-refractivity contribution in [2.75, 3.05) is 0 Å². The maximum absolute atomic E-state index is 12.9. The average molecular weight is 417 g/mol. The molecule has 0 spiro atoms. The van der Waals surface area contributed by atoms with E-state index < -0.39 is 6.10 Å². The Labute approximate surface area is 183 Å². The van der Waals surface area contributed by atoms with Crippen LogP contribution in [0.15, 0.2) is 65.3 Å². The highest BCUT2D eigenvalue weighted by Gasteiger charge is 2.45. The summed E-state index contributed by atoms with van der Waals surface area (Å²) in [6, 6.07) is 15.4. The van der Waals surface area contributed by atoms with Crippen LogP contribution in [0.2, 0.25) is 5.02 Å². The van der Waals surface area contributed by atoms with Gasteiger partial charge < -0.3 is 5.11 Å². The molecule has 2 aromatic rings. The van der Waals surface area contributed by atoms with Crippen molar-refractivity contribution in [2.45, 2.75) is 45.6 Å². The molecule has 0 unspecified atom stereocenters. The van der Waals surface area contributed by atoms with Crippen LogP contribution in [0, 0.1) is 17.3 Å². The molecule has 0 saturated heterocycles. The van der Waals surface area contributed by atoms with Crippen LogP contribution in [0.4, 0.5) is 0 Å². The average Bonchev–Trinajstić information content (AvgIpc) is 2.74. The minimum Gasteiger partial charge on any atom is -0.392 e. The molecule has 30 heavy (non-hydrogen) atoms. The van der Waals surface area contributed by atoms with Crippen molar-refractivity contribution in [1.82, 2.24) is 0 Å². The van der Waals surface area contributed by atoms with Gasteiger partial charge in [0.1, 0.15) is 0 Å². The van der Waals surface area contributed by atoms with Crippen LogP contribution >= 0.6 is 11.6 Å². The molecule has 0 radical (unpaired) electrons. The lowest BCUT2D eigenvalue weighted by Gasteiger charge is -2.45. The zero-order chi connectivity index (χ0) is 21.3. The van der Waals surface area contributed by atoms with Gasteiger partial charge in [-0.3, -0.25) is 4.79 Å². The molecule has 1 fully saturated rings. The van der Waals surface area contributed by atoms with Crippen LogP contribution in [0.5, 0.6) is 0 Å². The number of Topliss-reactive ketones (excluding diaryl/α,β-unsaturated/α-hetero) is 1. The second kappa shape index (κ2) is 8.26. The Morgan fingerprint density at radius 2 is 1.67 bits per heavy atom. The third-order valence-corrected chi connectivity index (χ3v) is 6.67. The minimum absolute atomic E-state index is 0.114. The highest BCUT2D eigenvalue weighted by molar-refractivity contribution is 6.30. The van der Waals surface area contributed by atoms with Crippen molar-refractivity contribution in [3.63, 3.8) is 0 Å². The van der Waals surface area contributed by atoms with Crippen molar-refractivity contribution < 1.29 is 9.90 Å². The van der Waals surface area contributed by atoms with Crippen molar-refractivity contribution >= 4 is 23.5 Å². The van der Waals surface area contributed by atoms with E-state index in [1.807, 2.05) is 61.5 Å². The standard InChI is InChI=1S/C27H25ClO2/c1-18-24-4-3-5-25(29)27(24,2)17-22(26(18)30)16-21-10-8-19(9-11-21)6-7-20-12-14-23(28)15-13-20/h8-16,25,29H,3-5,17H2,1-2H3/b22-16+/t25-,27-/m0/s1. The fraction of sp³-hybridized carbons (Fsp3) is 0.296. The molecule has 2 aliphatic carbocycles. The molecular formula is C27H25ClO2. The number of halogens is 1. The van der Waals surface area contributed by atoms with E-state index in [0.29, 0.717) is 11.4 Å². The van der Waals surface area contributed by atoms with Crippen LogP contribution in [0.25, 0.3) is 6.08 Å². The second-order valence-corrected chi connectivity index (χ2v) is 8.92. The predicted octanol–water partition coefficient (Wildman–Crippen LogP) is 5.96. The van der Waals surface area contributed by atoms with Gasteiger partial charge in [-0.25, -0.2) is 0 Å². The number of fused-ring (bicyclic) bond motifs is 1. The first-order valence-corrected chi connectivity index (χ1v) is 10.8. The predicted molar refractivity (Wildman–Crippen MR) is 122 cm³/mol. The lowest BCUT2D eigenvalue weighted by molar-refractivity contribution is -0.113. The van der Waals surface area contributed by atoms with Gasteiger partial charge in [0.05, 0.1) is 6.10 Å². The number of hydrogen-bond donors (Lipinski definition) is 1. The molecule has 0 heterocycles. The van der Waals surface area contributed by atoms with E-state index >= 15 is 0 Å². The number of benzene rings is 2. The Bertz CT molecular complexity index is 1090. The van der Waals surface area contributed by atoms with Gasteiger partial charge in [-0.2, -0.15) is 0 Å². The van der Waals surface area contributed by atoms with E-state index in [1.165, 1.54) is 0 Å². The summed E-state index contributed by atoms with van der Waals surface area (Å²) in [5.74, 6) is 6.40. The number of aliphatic hydroxyl groups excluding tert-OH is 1. The van der Waals surface area contributed by atoms with Crippen LogP contribution in [-0.2, 0) is 4.79 Å². The van der Waals surface area contributed by atoms with Crippen molar-refractivity contribution in [3.8, 4) is 11.8 Å². The summed E-state index contributed by atoms with van der Waals surface area (Å²) in [7, 11) is 0. The molecule has 1 saturated carbocycles. The monoisotopic (exact) mass is 416 g/mol. The zero-order valence-electron chi connectivity index (χ0n) is 17.3. The first-order chi connectivity index (χ1) is 14.4. The topological polar surface area (TPSA) is 37.3 Å². The highest BCUT2D eigenvalue weighted by Crippen LogP contribution is 2.50. The number of aliphatic hydroxyl groups is 1. The quantitative estimate of drug-likeness (QED) is 0.459. The zero-order valence-corrected chi connectivity index (χ0v) is 18.1.